The average molecular weight is 198 g/mol. The number of epoxide rings is 1. The van der Waals surface area contributed by atoms with Crippen molar-refractivity contribution < 1.29 is 19.0 Å². The highest BCUT2D eigenvalue weighted by Gasteiger charge is 2.66. The third-order valence-electron chi connectivity index (χ3n) is 3.42. The third-order valence-corrected chi connectivity index (χ3v) is 3.42. The molecule has 2 heterocycles. The number of hydrogen-bond acceptors (Lipinski definition) is 4. The lowest BCUT2D eigenvalue weighted by molar-refractivity contribution is -0.142. The van der Waals surface area contributed by atoms with Crippen LogP contribution in [0.4, 0.5) is 0 Å². The summed E-state index contributed by atoms with van der Waals surface area (Å²) in [6, 6.07) is 0. The molecule has 3 rings (SSSR count). The molecule has 78 valence electrons. The minimum Gasteiger partial charge on any atom is -0.467 e. The van der Waals surface area contributed by atoms with E-state index in [2.05, 4.69) is 4.74 Å². The zero-order chi connectivity index (χ0) is 9.76. The molecule has 1 spiro atoms. The topological polar surface area (TPSA) is 48.1 Å². The van der Waals surface area contributed by atoms with E-state index in [0.29, 0.717) is 12.7 Å². The summed E-state index contributed by atoms with van der Waals surface area (Å²) in [6.45, 7) is 0.563. The molecule has 3 unspecified atom stereocenters. The molecule has 0 amide bonds. The van der Waals surface area contributed by atoms with Crippen LogP contribution in [0, 0.1) is 5.92 Å². The number of methoxy groups -OCH3 is 1. The van der Waals surface area contributed by atoms with Crippen LogP contribution >= 0.6 is 0 Å². The SMILES string of the molecule is COC(=O)C1OC12COC(C1CC1)C2. The fourth-order valence-electron chi connectivity index (χ4n) is 2.31. The smallest absolute Gasteiger partial charge is 0.338 e. The molecule has 2 aliphatic heterocycles. The molecule has 1 saturated carbocycles. The molecule has 0 aromatic carbocycles. The Morgan fingerprint density at radius 3 is 2.93 bits per heavy atom. The van der Waals surface area contributed by atoms with Gasteiger partial charge >= 0.3 is 5.97 Å². The van der Waals surface area contributed by atoms with E-state index in [-0.39, 0.29) is 17.7 Å². The monoisotopic (exact) mass is 198 g/mol. The van der Waals surface area contributed by atoms with Gasteiger partial charge in [0.05, 0.1) is 19.8 Å². The Labute approximate surface area is 82.5 Å². The molecule has 0 aromatic heterocycles. The molecule has 3 aliphatic rings. The summed E-state index contributed by atoms with van der Waals surface area (Å²) in [6.07, 6.45) is 3.37. The number of carbonyl (C=O) groups excluding carboxylic acids is 1. The molecule has 3 atom stereocenters. The lowest BCUT2D eigenvalue weighted by Gasteiger charge is -2.04. The van der Waals surface area contributed by atoms with Crippen molar-refractivity contribution in [2.45, 2.75) is 37.1 Å². The number of rotatable bonds is 2. The Hall–Kier alpha value is -0.610. The molecule has 4 nitrogen and oxygen atoms in total. The molecule has 0 radical (unpaired) electrons. The Balaban J connectivity index is 1.63. The van der Waals surface area contributed by atoms with Gasteiger partial charge in [0, 0.05) is 6.42 Å². The van der Waals surface area contributed by atoms with Crippen LogP contribution in [-0.4, -0.2) is 37.5 Å². The van der Waals surface area contributed by atoms with Crippen molar-refractivity contribution in [2.24, 2.45) is 5.92 Å². The van der Waals surface area contributed by atoms with Crippen LogP contribution in [0.15, 0.2) is 0 Å². The van der Waals surface area contributed by atoms with Crippen molar-refractivity contribution in [2.75, 3.05) is 13.7 Å². The van der Waals surface area contributed by atoms with E-state index in [1.807, 2.05) is 0 Å². The number of ether oxygens (including phenoxy) is 3. The maximum Gasteiger partial charge on any atom is 0.338 e. The summed E-state index contributed by atoms with van der Waals surface area (Å²) in [7, 11) is 1.39. The van der Waals surface area contributed by atoms with Crippen LogP contribution in [0.5, 0.6) is 0 Å². The van der Waals surface area contributed by atoms with E-state index in [4.69, 9.17) is 9.47 Å². The summed E-state index contributed by atoms with van der Waals surface area (Å²) >= 11 is 0. The van der Waals surface area contributed by atoms with Crippen LogP contribution < -0.4 is 0 Å². The minimum absolute atomic E-state index is 0.259. The van der Waals surface area contributed by atoms with Crippen molar-refractivity contribution in [1.29, 1.82) is 0 Å². The van der Waals surface area contributed by atoms with E-state index < -0.39 is 0 Å². The van der Waals surface area contributed by atoms with Crippen molar-refractivity contribution >= 4 is 5.97 Å². The van der Waals surface area contributed by atoms with Gasteiger partial charge in [-0.3, -0.25) is 0 Å². The Morgan fingerprint density at radius 1 is 1.50 bits per heavy atom. The fourth-order valence-corrected chi connectivity index (χ4v) is 2.31. The summed E-state index contributed by atoms with van der Waals surface area (Å²) in [5, 5.41) is 0. The second-order valence-electron chi connectivity index (χ2n) is 4.48. The summed E-state index contributed by atoms with van der Waals surface area (Å²) in [4.78, 5) is 11.2. The lowest BCUT2D eigenvalue weighted by atomic mass is 9.99. The second-order valence-corrected chi connectivity index (χ2v) is 4.48. The van der Waals surface area contributed by atoms with Crippen molar-refractivity contribution in [3.8, 4) is 0 Å². The molecular formula is C10H14O4. The summed E-state index contributed by atoms with van der Waals surface area (Å²) in [5.41, 5.74) is -0.319. The average Bonchev–Trinajstić information content (AvgIpc) is 3.05. The second kappa shape index (κ2) is 2.70. The highest BCUT2D eigenvalue weighted by Crippen LogP contribution is 2.51. The van der Waals surface area contributed by atoms with E-state index in [1.54, 1.807) is 0 Å². The largest absolute Gasteiger partial charge is 0.467 e. The van der Waals surface area contributed by atoms with E-state index >= 15 is 0 Å². The third kappa shape index (κ3) is 1.17. The summed E-state index contributed by atoms with van der Waals surface area (Å²) < 4.78 is 15.7. The van der Waals surface area contributed by atoms with Crippen LogP contribution in [0.3, 0.4) is 0 Å². The first-order valence-electron chi connectivity index (χ1n) is 5.12. The Kier molecular flexibility index (Phi) is 1.67. The van der Waals surface area contributed by atoms with Gasteiger partial charge in [0.2, 0.25) is 0 Å². The highest BCUT2D eigenvalue weighted by molar-refractivity contribution is 5.79. The predicted molar refractivity (Wildman–Crippen MR) is 46.7 cm³/mol. The molecule has 2 saturated heterocycles. The zero-order valence-corrected chi connectivity index (χ0v) is 8.19. The molecule has 0 bridgehead atoms. The van der Waals surface area contributed by atoms with E-state index in [0.717, 1.165) is 12.3 Å². The van der Waals surface area contributed by atoms with Crippen LogP contribution in [0.25, 0.3) is 0 Å². The zero-order valence-electron chi connectivity index (χ0n) is 8.19. The van der Waals surface area contributed by atoms with E-state index in [9.17, 15) is 4.79 Å². The van der Waals surface area contributed by atoms with Gasteiger partial charge in [-0.1, -0.05) is 0 Å². The van der Waals surface area contributed by atoms with E-state index in [1.165, 1.54) is 20.0 Å². The first-order valence-corrected chi connectivity index (χ1v) is 5.12. The lowest BCUT2D eigenvalue weighted by Crippen LogP contribution is -2.22. The highest BCUT2D eigenvalue weighted by atomic mass is 16.7. The quantitative estimate of drug-likeness (QED) is 0.478. The number of hydrogen-bond donors (Lipinski definition) is 0. The van der Waals surface area contributed by atoms with Crippen molar-refractivity contribution in [3.63, 3.8) is 0 Å². The minimum atomic E-state index is -0.365. The van der Waals surface area contributed by atoms with Gasteiger partial charge in [0.15, 0.2) is 6.10 Å². The number of carbonyl (C=O) groups is 1. The maximum atomic E-state index is 11.2. The van der Waals surface area contributed by atoms with Gasteiger partial charge in [0.1, 0.15) is 5.60 Å². The van der Waals surface area contributed by atoms with Gasteiger partial charge in [-0.15, -0.1) is 0 Å². The normalized spacial score (nSPS) is 45.5. The molecule has 1 aliphatic carbocycles. The van der Waals surface area contributed by atoms with Crippen LogP contribution in [-0.2, 0) is 19.0 Å². The van der Waals surface area contributed by atoms with Crippen molar-refractivity contribution in [1.82, 2.24) is 0 Å². The van der Waals surface area contributed by atoms with Gasteiger partial charge in [-0.05, 0) is 18.8 Å². The first-order chi connectivity index (χ1) is 6.75. The molecular weight excluding hydrogens is 184 g/mol. The molecule has 14 heavy (non-hydrogen) atoms. The molecule has 4 heteroatoms. The standard InChI is InChI=1S/C10H14O4/c1-12-9(11)8-10(14-8)4-7(13-5-10)6-2-3-6/h6-8H,2-5H2,1H3. The van der Waals surface area contributed by atoms with Gasteiger partial charge in [-0.25, -0.2) is 4.79 Å². The number of esters is 1. The van der Waals surface area contributed by atoms with Crippen molar-refractivity contribution in [3.05, 3.63) is 0 Å². The molecule has 0 aromatic rings. The molecule has 0 N–H and O–H groups in total. The fraction of sp³-hybridized carbons (Fsp3) is 0.900. The Bertz CT molecular complexity index is 273. The van der Waals surface area contributed by atoms with Gasteiger partial charge < -0.3 is 14.2 Å². The maximum absolute atomic E-state index is 11.2. The molecule has 3 fully saturated rings. The van der Waals surface area contributed by atoms with Gasteiger partial charge in [-0.2, -0.15) is 0 Å². The Morgan fingerprint density at radius 2 is 2.29 bits per heavy atom. The first kappa shape index (κ1) is 8.68. The van der Waals surface area contributed by atoms with Crippen LogP contribution in [0.2, 0.25) is 0 Å². The van der Waals surface area contributed by atoms with Gasteiger partial charge in [0.25, 0.3) is 0 Å². The van der Waals surface area contributed by atoms with Crippen LogP contribution in [0.1, 0.15) is 19.3 Å². The summed E-state index contributed by atoms with van der Waals surface area (Å²) in [5.74, 6) is 0.460. The predicted octanol–water partition coefficient (Wildman–Crippen LogP) is 0.496.